The third-order valence-corrected chi connectivity index (χ3v) is 2.64. The van der Waals surface area contributed by atoms with E-state index in [9.17, 15) is 4.57 Å². The zero-order valence-corrected chi connectivity index (χ0v) is 7.07. The largest absolute Gasteiger partial charge is 0.332 e. The lowest BCUT2D eigenvalue weighted by atomic mass is 10.7. The van der Waals surface area contributed by atoms with Crippen LogP contribution < -0.4 is 0 Å². The Balaban J connectivity index is 4.15. The van der Waals surface area contributed by atoms with E-state index in [0.717, 1.165) is 0 Å². The van der Waals surface area contributed by atoms with E-state index in [4.69, 9.17) is 10.1 Å². The van der Waals surface area contributed by atoms with Crippen molar-refractivity contribution in [3.05, 3.63) is 25.3 Å². The zero-order chi connectivity index (χ0) is 8.91. The van der Waals surface area contributed by atoms with Gasteiger partial charge >= 0.3 is 0 Å². The molecule has 0 saturated heterocycles. The van der Waals surface area contributed by atoms with Crippen LogP contribution in [0.5, 0.6) is 0 Å². The average Bonchev–Trinajstić information content (AvgIpc) is 1.88. The van der Waals surface area contributed by atoms with Gasteiger partial charge in [-0.1, -0.05) is 12.2 Å². The fraction of sp³-hybridized carbons (Fsp3) is 0.333. The molecule has 0 aromatic carbocycles. The molecular formula is C6H12NO3P. The summed E-state index contributed by atoms with van der Waals surface area (Å²) in [4.78, 5) is 9.40. The fourth-order valence-corrected chi connectivity index (χ4v) is 1.40. The predicted molar refractivity (Wildman–Crippen MR) is 43.6 cm³/mol. The number of nitrogens with zero attached hydrogens (tertiary/aromatic N) is 1. The van der Waals surface area contributed by atoms with Crippen LogP contribution in [0.3, 0.4) is 0 Å². The van der Waals surface area contributed by atoms with Gasteiger partial charge in [-0.3, -0.25) is 4.57 Å². The number of hydroxylamine groups is 1. The van der Waals surface area contributed by atoms with Crippen LogP contribution in [0.4, 0.5) is 0 Å². The van der Waals surface area contributed by atoms with Crippen LogP contribution in [-0.4, -0.2) is 27.6 Å². The summed E-state index contributed by atoms with van der Waals surface area (Å²) in [6.45, 7) is 6.58. The van der Waals surface area contributed by atoms with Gasteiger partial charge in [0.2, 0.25) is 0 Å². The van der Waals surface area contributed by atoms with Crippen molar-refractivity contribution in [3.8, 4) is 0 Å². The molecule has 0 aliphatic rings. The number of hydrogen-bond acceptors (Lipinski definition) is 2. The van der Waals surface area contributed by atoms with E-state index in [1.807, 2.05) is 0 Å². The van der Waals surface area contributed by atoms with E-state index >= 15 is 0 Å². The fourth-order valence-electron chi connectivity index (χ4n) is 0.505. The quantitative estimate of drug-likeness (QED) is 0.376. The summed E-state index contributed by atoms with van der Waals surface area (Å²) in [5, 5.41) is 8.91. The molecule has 0 saturated carbocycles. The molecule has 0 amide bonds. The minimum Gasteiger partial charge on any atom is -0.332 e. The van der Waals surface area contributed by atoms with E-state index < -0.39 is 7.52 Å². The highest BCUT2D eigenvalue weighted by molar-refractivity contribution is 7.55. The Labute approximate surface area is 65.9 Å². The first-order chi connectivity index (χ1) is 5.04. The van der Waals surface area contributed by atoms with Gasteiger partial charge in [-0.25, -0.2) is 0 Å². The summed E-state index contributed by atoms with van der Waals surface area (Å²) < 4.78 is 11.0. The zero-order valence-electron chi connectivity index (χ0n) is 6.18. The maximum absolute atomic E-state index is 11.0. The molecule has 11 heavy (non-hydrogen) atoms. The Kier molecular flexibility index (Phi) is 4.30. The molecule has 0 rings (SSSR count). The first-order valence-corrected chi connectivity index (χ1v) is 4.85. The Morgan fingerprint density at radius 2 is 2.00 bits per heavy atom. The lowest BCUT2D eigenvalue weighted by molar-refractivity contribution is 0.000162. The Morgan fingerprint density at radius 1 is 1.45 bits per heavy atom. The summed E-state index contributed by atoms with van der Waals surface area (Å²) in [7, 11) is -3.60. The first-order valence-electron chi connectivity index (χ1n) is 3.05. The highest BCUT2D eigenvalue weighted by Crippen LogP contribution is 2.42. The van der Waals surface area contributed by atoms with Crippen molar-refractivity contribution >= 4 is 7.52 Å². The molecule has 64 valence electrons. The van der Waals surface area contributed by atoms with Crippen molar-refractivity contribution in [2.24, 2.45) is 0 Å². The van der Waals surface area contributed by atoms with Gasteiger partial charge in [0.15, 0.2) is 0 Å². The third-order valence-electron chi connectivity index (χ3n) is 1.02. The number of hydrogen-bond donors (Lipinski definition) is 2. The minimum absolute atomic E-state index is 0.0262. The SMILES string of the molecule is C=CCN(O)P(=O)(O)CC=C. The third kappa shape index (κ3) is 3.49. The Bertz CT molecular complexity index is 192. The van der Waals surface area contributed by atoms with E-state index in [1.54, 1.807) is 0 Å². The molecule has 0 radical (unpaired) electrons. The van der Waals surface area contributed by atoms with Crippen molar-refractivity contribution in [1.82, 2.24) is 4.83 Å². The van der Waals surface area contributed by atoms with Crippen LogP contribution in [0.2, 0.25) is 0 Å². The van der Waals surface area contributed by atoms with E-state index in [2.05, 4.69) is 13.2 Å². The van der Waals surface area contributed by atoms with E-state index in [0.29, 0.717) is 4.83 Å². The summed E-state index contributed by atoms with van der Waals surface area (Å²) in [5.41, 5.74) is 0. The molecule has 0 aliphatic heterocycles. The van der Waals surface area contributed by atoms with Gasteiger partial charge in [0.25, 0.3) is 7.52 Å². The first kappa shape index (κ1) is 10.6. The molecule has 0 aromatic heterocycles. The normalized spacial score (nSPS) is 15.9. The summed E-state index contributed by atoms with van der Waals surface area (Å²) in [6.07, 6.45) is 2.50. The molecule has 0 fully saturated rings. The van der Waals surface area contributed by atoms with Gasteiger partial charge in [0.05, 0.1) is 12.7 Å². The Morgan fingerprint density at radius 3 is 2.36 bits per heavy atom. The topological polar surface area (TPSA) is 60.8 Å². The monoisotopic (exact) mass is 177 g/mol. The second-order valence-corrected chi connectivity index (χ2v) is 4.14. The standard InChI is InChI=1S/C6H12NO3P/c1-3-5-7(8)11(9,10)6-4-2/h3-4,8H,1-2,5-6H2,(H,9,10). The molecule has 5 heteroatoms. The van der Waals surface area contributed by atoms with Gasteiger partial charge in [0.1, 0.15) is 0 Å². The molecular weight excluding hydrogens is 165 g/mol. The van der Waals surface area contributed by atoms with Gasteiger partial charge < -0.3 is 10.1 Å². The van der Waals surface area contributed by atoms with Gasteiger partial charge in [-0.15, -0.1) is 18.0 Å². The molecule has 2 N–H and O–H groups in total. The van der Waals surface area contributed by atoms with Crippen LogP contribution in [0.25, 0.3) is 0 Å². The molecule has 0 spiro atoms. The second-order valence-electron chi connectivity index (χ2n) is 1.98. The van der Waals surface area contributed by atoms with Gasteiger partial charge in [-0.2, -0.15) is 0 Å². The van der Waals surface area contributed by atoms with E-state index in [-0.39, 0.29) is 12.7 Å². The smallest absolute Gasteiger partial charge is 0.296 e. The Hall–Kier alpha value is -0.410. The second kappa shape index (κ2) is 4.46. The average molecular weight is 177 g/mol. The molecule has 0 aliphatic carbocycles. The number of allylic oxidation sites excluding steroid dienone is 1. The molecule has 0 bridgehead atoms. The highest BCUT2D eigenvalue weighted by atomic mass is 31.2. The molecule has 4 nitrogen and oxygen atoms in total. The summed E-state index contributed by atoms with van der Waals surface area (Å²) >= 11 is 0. The van der Waals surface area contributed by atoms with Crippen molar-refractivity contribution < 1.29 is 14.7 Å². The number of rotatable bonds is 5. The summed E-state index contributed by atoms with van der Waals surface area (Å²) in [6, 6.07) is 0. The lowest BCUT2D eigenvalue weighted by Crippen LogP contribution is -2.16. The molecule has 0 aromatic rings. The minimum atomic E-state index is -3.60. The highest BCUT2D eigenvalue weighted by Gasteiger charge is 2.23. The van der Waals surface area contributed by atoms with Crippen LogP contribution in [0.1, 0.15) is 0 Å². The maximum atomic E-state index is 11.0. The van der Waals surface area contributed by atoms with Crippen LogP contribution in [0, 0.1) is 0 Å². The van der Waals surface area contributed by atoms with Crippen LogP contribution >= 0.6 is 7.52 Å². The van der Waals surface area contributed by atoms with Crippen molar-refractivity contribution in [3.63, 3.8) is 0 Å². The van der Waals surface area contributed by atoms with Crippen LogP contribution in [0.15, 0.2) is 25.3 Å². The maximum Gasteiger partial charge on any atom is 0.296 e. The lowest BCUT2D eigenvalue weighted by Gasteiger charge is -2.17. The molecule has 0 heterocycles. The van der Waals surface area contributed by atoms with Gasteiger partial charge in [-0.05, 0) is 0 Å². The van der Waals surface area contributed by atoms with Crippen LogP contribution in [-0.2, 0) is 4.57 Å². The van der Waals surface area contributed by atoms with Gasteiger partial charge in [0, 0.05) is 0 Å². The summed E-state index contributed by atoms with van der Waals surface area (Å²) in [5.74, 6) is 0. The molecule has 1 atom stereocenters. The van der Waals surface area contributed by atoms with Crippen molar-refractivity contribution in [2.45, 2.75) is 0 Å². The van der Waals surface area contributed by atoms with Crippen molar-refractivity contribution in [2.75, 3.05) is 12.7 Å². The predicted octanol–water partition coefficient (Wildman–Crippen LogP) is 1.23. The van der Waals surface area contributed by atoms with E-state index in [1.165, 1.54) is 12.2 Å². The molecule has 1 unspecified atom stereocenters. The van der Waals surface area contributed by atoms with Crippen molar-refractivity contribution in [1.29, 1.82) is 0 Å².